The number of amides is 4. The molecule has 14 nitrogen and oxygen atoms in total. The van der Waals surface area contributed by atoms with Crippen molar-refractivity contribution in [3.63, 3.8) is 0 Å². The highest BCUT2D eigenvalue weighted by atomic mass is 32.2. The summed E-state index contributed by atoms with van der Waals surface area (Å²) < 4.78 is 69.7. The number of sulfonamides is 1. The summed E-state index contributed by atoms with van der Waals surface area (Å²) in [5, 5.41) is 5.27. The quantitative estimate of drug-likeness (QED) is 0.366. The number of rotatable bonds is 7. The summed E-state index contributed by atoms with van der Waals surface area (Å²) in [4.78, 5) is 66.1. The van der Waals surface area contributed by atoms with Crippen LogP contribution in [0, 0.1) is 5.92 Å². The second-order valence-corrected chi connectivity index (χ2v) is 18.6. The van der Waals surface area contributed by atoms with Crippen LogP contribution < -0.4 is 20.1 Å². The molecule has 1 aromatic carbocycles. The van der Waals surface area contributed by atoms with Gasteiger partial charge in [0.25, 0.3) is 5.91 Å². The lowest BCUT2D eigenvalue weighted by atomic mass is 10.00. The van der Waals surface area contributed by atoms with Gasteiger partial charge in [0.1, 0.15) is 35.0 Å². The van der Waals surface area contributed by atoms with Gasteiger partial charge in [-0.2, -0.15) is 0 Å². The Morgan fingerprint density at radius 2 is 1.72 bits per heavy atom. The van der Waals surface area contributed by atoms with Crippen LogP contribution in [0.15, 0.2) is 24.3 Å². The van der Waals surface area contributed by atoms with Gasteiger partial charge in [-0.1, -0.05) is 31.9 Å². The average Bonchev–Trinajstić information content (AvgIpc) is 3.95. The number of nitrogens with zero attached hydrogens (tertiary/aromatic N) is 3. The molecule has 4 aliphatic rings. The van der Waals surface area contributed by atoms with Gasteiger partial charge in [-0.05, 0) is 84.3 Å². The maximum Gasteiger partial charge on any atom is 0.408 e. The van der Waals surface area contributed by atoms with Crippen LogP contribution in [-0.4, -0.2) is 93.6 Å². The van der Waals surface area contributed by atoms with Gasteiger partial charge in [0.15, 0.2) is 0 Å². The summed E-state index contributed by atoms with van der Waals surface area (Å²) in [6.07, 6.45) is -1.25. The van der Waals surface area contributed by atoms with Crippen LogP contribution >= 0.6 is 0 Å². The first-order chi connectivity index (χ1) is 25.2. The number of para-hydroxylation sites is 2. The lowest BCUT2D eigenvalue weighted by Gasteiger charge is -2.30. The van der Waals surface area contributed by atoms with Gasteiger partial charge in [0, 0.05) is 19.3 Å². The van der Waals surface area contributed by atoms with Crippen molar-refractivity contribution in [2.45, 2.75) is 145 Å². The van der Waals surface area contributed by atoms with Crippen molar-refractivity contribution in [2.24, 2.45) is 5.92 Å². The van der Waals surface area contributed by atoms with Crippen LogP contribution in [-0.2, 0) is 35.6 Å². The van der Waals surface area contributed by atoms with Gasteiger partial charge in [0.2, 0.25) is 33.6 Å². The number of fused-ring (bicyclic) bond motifs is 3. The fraction of sp³-hybridized carbons (Fsp3) is 0.676. The molecule has 0 spiro atoms. The number of halogens is 2. The molecule has 5 unspecified atom stereocenters. The van der Waals surface area contributed by atoms with E-state index in [0.29, 0.717) is 48.8 Å². The maximum atomic E-state index is 15.4. The Balaban J connectivity index is 1.33. The number of hydrogen-bond donors (Lipinski definition) is 3. The molecule has 2 saturated heterocycles. The SMILES string of the molecule is CCc1nc2ccccc2nc1OC1CC2C(=O)NC3(C(=O)NS(=O)(=O)C4(C)CC4)CC3CC(F)(F)CCCCCC(NC(=O)OC(C)(C)C)C(=O)N2C1. The second-order valence-electron chi connectivity index (χ2n) is 16.4. The molecule has 5 atom stereocenters. The minimum Gasteiger partial charge on any atom is -0.471 e. The number of benzene rings is 1. The predicted molar refractivity (Wildman–Crippen MR) is 193 cm³/mol. The molecule has 4 amide bonds. The zero-order chi connectivity index (χ0) is 39.3. The zero-order valence-electron chi connectivity index (χ0n) is 31.4. The van der Waals surface area contributed by atoms with Crippen molar-refractivity contribution in [1.29, 1.82) is 0 Å². The van der Waals surface area contributed by atoms with E-state index < -0.39 is 92.6 Å². The number of ether oxygens (including phenoxy) is 2. The van der Waals surface area contributed by atoms with E-state index in [0.717, 1.165) is 0 Å². The van der Waals surface area contributed by atoms with Crippen molar-refractivity contribution < 1.29 is 45.9 Å². The minimum atomic E-state index is -4.17. The maximum absolute atomic E-state index is 15.4. The molecule has 2 aromatic rings. The van der Waals surface area contributed by atoms with E-state index in [1.807, 2.05) is 25.1 Å². The van der Waals surface area contributed by atoms with Crippen LogP contribution in [0.2, 0.25) is 0 Å². The summed E-state index contributed by atoms with van der Waals surface area (Å²) in [5.41, 5.74) is -1.03. The fourth-order valence-corrected chi connectivity index (χ4v) is 8.62. The molecule has 3 heterocycles. The molecule has 2 saturated carbocycles. The highest BCUT2D eigenvalue weighted by Crippen LogP contribution is 2.51. The first-order valence-corrected chi connectivity index (χ1v) is 20.2. The Morgan fingerprint density at radius 1 is 1.04 bits per heavy atom. The zero-order valence-corrected chi connectivity index (χ0v) is 32.2. The van der Waals surface area contributed by atoms with E-state index >= 15 is 8.78 Å². The normalized spacial score (nSPS) is 28.4. The van der Waals surface area contributed by atoms with Gasteiger partial charge >= 0.3 is 6.09 Å². The molecule has 54 heavy (non-hydrogen) atoms. The van der Waals surface area contributed by atoms with Crippen LogP contribution in [0.25, 0.3) is 11.0 Å². The number of carbonyl (C=O) groups excluding carboxylic acids is 4. The third-order valence-electron chi connectivity index (χ3n) is 10.8. The number of aromatic nitrogens is 2. The molecule has 0 radical (unpaired) electrons. The topological polar surface area (TPSA) is 186 Å². The predicted octanol–water partition coefficient (Wildman–Crippen LogP) is 4.30. The first-order valence-electron chi connectivity index (χ1n) is 18.7. The average molecular weight is 777 g/mol. The molecule has 17 heteroatoms. The lowest BCUT2D eigenvalue weighted by Crippen LogP contribution is -2.59. The Bertz CT molecular complexity index is 1920. The number of carbonyl (C=O) groups is 4. The summed E-state index contributed by atoms with van der Waals surface area (Å²) in [7, 11) is -4.17. The Kier molecular flexibility index (Phi) is 10.6. The third-order valence-corrected chi connectivity index (χ3v) is 13.0. The number of alkyl halides is 2. The molecule has 2 aliphatic heterocycles. The van der Waals surface area contributed by atoms with E-state index in [-0.39, 0.29) is 38.1 Å². The van der Waals surface area contributed by atoms with Gasteiger partial charge in [0.05, 0.1) is 22.3 Å². The van der Waals surface area contributed by atoms with E-state index in [1.165, 1.54) is 11.8 Å². The smallest absolute Gasteiger partial charge is 0.408 e. The fourth-order valence-electron chi connectivity index (χ4n) is 7.30. The Hall–Kier alpha value is -4.15. The largest absolute Gasteiger partial charge is 0.471 e. The summed E-state index contributed by atoms with van der Waals surface area (Å²) >= 11 is 0. The molecule has 1 aromatic heterocycles. The molecular formula is C37H50F2N6O8S. The number of aryl methyl sites for hydroxylation is 1. The molecule has 3 N–H and O–H groups in total. The van der Waals surface area contributed by atoms with Gasteiger partial charge in [-0.3, -0.25) is 19.1 Å². The molecule has 4 fully saturated rings. The molecule has 296 valence electrons. The van der Waals surface area contributed by atoms with Crippen LogP contribution in [0.4, 0.5) is 13.6 Å². The van der Waals surface area contributed by atoms with E-state index in [4.69, 9.17) is 9.47 Å². The Morgan fingerprint density at radius 3 is 2.37 bits per heavy atom. The van der Waals surface area contributed by atoms with Crippen LogP contribution in [0.3, 0.4) is 0 Å². The number of alkyl carbamates (subject to hydrolysis) is 1. The minimum absolute atomic E-state index is 0.0801. The molecule has 0 bridgehead atoms. The van der Waals surface area contributed by atoms with E-state index in [1.54, 1.807) is 26.8 Å². The standard InChI is InChI=1S/C37H50F2N6O8S/c1-6-24-30(41-26-13-10-9-12-25(26)40-24)52-23-18-28-29(46)43-37(32(48)44-54(50,51)35(5)16-17-35)20-22(37)19-36(38,39)15-11-7-8-14-27(31(47)45(28)21-23)42-33(49)53-34(2,3)4/h9-10,12-13,22-23,27-28H,6-8,11,14-21H2,1-5H3,(H,42,49)(H,43,46)(H,44,48). The molecule has 2 aliphatic carbocycles. The van der Waals surface area contributed by atoms with Gasteiger partial charge in [-0.15, -0.1) is 0 Å². The van der Waals surface area contributed by atoms with Crippen molar-refractivity contribution in [2.75, 3.05) is 6.54 Å². The van der Waals surface area contributed by atoms with Gasteiger partial charge < -0.3 is 25.0 Å². The highest BCUT2D eigenvalue weighted by Gasteiger charge is 2.65. The van der Waals surface area contributed by atoms with Gasteiger partial charge in [-0.25, -0.2) is 32.0 Å². The summed E-state index contributed by atoms with van der Waals surface area (Å²) in [5.74, 6) is -6.58. The number of hydrogen-bond acceptors (Lipinski definition) is 10. The molecular weight excluding hydrogens is 727 g/mol. The van der Waals surface area contributed by atoms with Crippen molar-refractivity contribution in [1.82, 2.24) is 30.2 Å². The van der Waals surface area contributed by atoms with Crippen molar-refractivity contribution in [3.05, 3.63) is 30.0 Å². The molecule has 6 rings (SSSR count). The highest BCUT2D eigenvalue weighted by molar-refractivity contribution is 7.91. The Labute approximate surface area is 313 Å². The van der Waals surface area contributed by atoms with E-state index in [9.17, 15) is 27.6 Å². The van der Waals surface area contributed by atoms with Crippen LogP contribution in [0.5, 0.6) is 5.88 Å². The second kappa shape index (κ2) is 14.5. The number of nitrogens with one attached hydrogen (secondary N) is 3. The first kappa shape index (κ1) is 39.5. The third kappa shape index (κ3) is 8.55. The lowest BCUT2D eigenvalue weighted by molar-refractivity contribution is -0.141. The van der Waals surface area contributed by atoms with E-state index in [2.05, 4.69) is 25.3 Å². The summed E-state index contributed by atoms with van der Waals surface area (Å²) in [6.45, 7) is 8.26. The van der Waals surface area contributed by atoms with Crippen LogP contribution in [0.1, 0.15) is 105 Å². The van der Waals surface area contributed by atoms with Crippen molar-refractivity contribution in [3.8, 4) is 5.88 Å². The van der Waals surface area contributed by atoms with Crippen molar-refractivity contribution >= 4 is 44.9 Å². The summed E-state index contributed by atoms with van der Waals surface area (Å²) in [6, 6.07) is 4.79. The monoisotopic (exact) mass is 776 g/mol.